The maximum Gasteiger partial charge on any atom is 0.289 e. The number of hydrogen-bond acceptors (Lipinski definition) is 11. The fourth-order valence-electron chi connectivity index (χ4n) is 6.11. The Morgan fingerprint density at radius 3 is 2.31 bits per heavy atom. The minimum absolute atomic E-state index is 0.0510. The largest absolute Gasteiger partial charge is 0.387 e. The Kier molecular flexibility index (Phi) is 10.9. The zero-order valence-corrected chi connectivity index (χ0v) is 26.9. The van der Waals surface area contributed by atoms with Gasteiger partial charge in [0.05, 0.1) is 19.5 Å². The summed E-state index contributed by atoms with van der Waals surface area (Å²) >= 11 is 0. The minimum atomic E-state index is -1.48. The molecule has 0 aliphatic carbocycles. The molecule has 0 unspecified atom stereocenters. The number of fused-ring (bicyclic) bond motifs is 1. The van der Waals surface area contributed by atoms with Crippen molar-refractivity contribution in [1.82, 2.24) is 35.1 Å². The third-order valence-corrected chi connectivity index (χ3v) is 8.66. The number of aliphatic hydroxyl groups is 2. The van der Waals surface area contributed by atoms with E-state index in [1.807, 2.05) is 36.4 Å². The van der Waals surface area contributed by atoms with Crippen molar-refractivity contribution >= 4 is 28.8 Å². The monoisotopic (exact) mass is 658 g/mol. The molecule has 2 aromatic carbocycles. The smallest absolute Gasteiger partial charge is 0.289 e. The van der Waals surface area contributed by atoms with E-state index in [1.165, 1.54) is 10.9 Å². The van der Waals surface area contributed by atoms with Gasteiger partial charge in [-0.1, -0.05) is 60.7 Å². The fraction of sp³-hybridized carbons (Fsp3) is 0.441. The third kappa shape index (κ3) is 7.48. The van der Waals surface area contributed by atoms with Crippen molar-refractivity contribution < 1.29 is 29.3 Å². The lowest BCUT2D eigenvalue weighted by Gasteiger charge is -2.26. The molecule has 4 heterocycles. The van der Waals surface area contributed by atoms with Crippen LogP contribution in [0, 0.1) is 0 Å². The van der Waals surface area contributed by atoms with Crippen molar-refractivity contribution in [3.05, 3.63) is 83.9 Å². The van der Waals surface area contributed by atoms with Crippen molar-refractivity contribution in [3.63, 3.8) is 0 Å². The van der Waals surface area contributed by atoms with Crippen LogP contribution in [0.15, 0.2) is 67.0 Å². The number of aromatic nitrogens is 4. The molecular formula is C34H42N8O6. The van der Waals surface area contributed by atoms with Crippen LogP contribution in [0.5, 0.6) is 0 Å². The first-order valence-electron chi connectivity index (χ1n) is 16.4. The van der Waals surface area contributed by atoms with Gasteiger partial charge in [-0.2, -0.15) is 0 Å². The van der Waals surface area contributed by atoms with E-state index < -0.39 is 36.4 Å². The molecule has 4 aromatic rings. The maximum atomic E-state index is 13.5. The highest BCUT2D eigenvalue weighted by molar-refractivity contribution is 5.94. The van der Waals surface area contributed by atoms with E-state index in [0.29, 0.717) is 44.2 Å². The zero-order chi connectivity index (χ0) is 33.5. The van der Waals surface area contributed by atoms with Crippen LogP contribution in [-0.2, 0) is 14.3 Å². The molecule has 0 radical (unpaired) electrons. The molecule has 14 heteroatoms. The normalized spacial score (nSPS) is 21.4. The number of anilines is 1. The van der Waals surface area contributed by atoms with Gasteiger partial charge in [0.1, 0.15) is 12.2 Å². The molecule has 2 aromatic heterocycles. The lowest BCUT2D eigenvalue weighted by atomic mass is 9.91. The summed E-state index contributed by atoms with van der Waals surface area (Å²) in [6.07, 6.45) is -3.28. The molecule has 2 amide bonds. The predicted octanol–water partition coefficient (Wildman–Crippen LogP) is 1.28. The Balaban J connectivity index is 1.29. The Labute approximate surface area is 278 Å². The maximum absolute atomic E-state index is 13.5. The van der Waals surface area contributed by atoms with Gasteiger partial charge in [0.25, 0.3) is 11.8 Å². The highest BCUT2D eigenvalue weighted by Crippen LogP contribution is 2.33. The van der Waals surface area contributed by atoms with Crippen LogP contribution in [0.1, 0.15) is 47.2 Å². The SMILES string of the molecule is CCNC(=O)[C@H]1O[C@@H](n2cnc3c(NCC(c4ccccc4)c4ccccc4)nc(C(=O)NCCCN4CCOCC4)nc32)[C@@H](O)[C@@H]1O. The highest BCUT2D eigenvalue weighted by Gasteiger charge is 2.47. The predicted molar refractivity (Wildman–Crippen MR) is 177 cm³/mol. The molecule has 2 fully saturated rings. The van der Waals surface area contributed by atoms with Crippen LogP contribution in [0.2, 0.25) is 0 Å². The first-order valence-corrected chi connectivity index (χ1v) is 16.4. The summed E-state index contributed by atoms with van der Waals surface area (Å²) in [4.78, 5) is 42.0. The number of nitrogens with one attached hydrogen (secondary N) is 3. The van der Waals surface area contributed by atoms with E-state index in [2.05, 4.69) is 60.1 Å². The Bertz CT molecular complexity index is 1630. The molecule has 14 nitrogen and oxygen atoms in total. The van der Waals surface area contributed by atoms with Gasteiger partial charge in [0.15, 0.2) is 29.3 Å². The van der Waals surface area contributed by atoms with Crippen molar-refractivity contribution in [3.8, 4) is 0 Å². The molecule has 2 saturated heterocycles. The first-order chi connectivity index (χ1) is 23.4. The van der Waals surface area contributed by atoms with Crippen LogP contribution in [0.3, 0.4) is 0 Å². The number of hydrogen-bond donors (Lipinski definition) is 5. The number of likely N-dealkylation sites (N-methyl/N-ethyl adjacent to an activating group) is 1. The molecular weight excluding hydrogens is 616 g/mol. The average molecular weight is 659 g/mol. The van der Waals surface area contributed by atoms with Gasteiger partial charge < -0.3 is 35.6 Å². The van der Waals surface area contributed by atoms with E-state index in [4.69, 9.17) is 9.47 Å². The van der Waals surface area contributed by atoms with Crippen molar-refractivity contribution in [2.24, 2.45) is 0 Å². The van der Waals surface area contributed by atoms with Gasteiger partial charge in [-0.3, -0.25) is 19.1 Å². The van der Waals surface area contributed by atoms with E-state index in [9.17, 15) is 19.8 Å². The van der Waals surface area contributed by atoms with Crippen molar-refractivity contribution in [2.75, 3.05) is 57.8 Å². The standard InChI is InChI=1S/C34H42N8O6/c1-2-35-32(45)28-26(43)27(44)34(48-28)42-21-38-25-29(37-20-24(22-10-5-3-6-11-22)23-12-7-4-8-13-23)39-30(40-31(25)42)33(46)36-14-9-15-41-16-18-47-19-17-41/h3-8,10-13,21,24,26-28,34,43-44H,2,9,14-20H2,1H3,(H,35,45)(H,36,46)(H,37,39,40)/t26-,27-,28-,34+/m0/s1. The highest BCUT2D eigenvalue weighted by atomic mass is 16.6. The molecule has 5 N–H and O–H groups in total. The average Bonchev–Trinajstić information content (AvgIpc) is 3.68. The number of imidazole rings is 1. The number of ether oxygens (including phenoxy) is 2. The van der Waals surface area contributed by atoms with Gasteiger partial charge >= 0.3 is 0 Å². The lowest BCUT2D eigenvalue weighted by molar-refractivity contribution is -0.137. The molecule has 6 rings (SSSR count). The summed E-state index contributed by atoms with van der Waals surface area (Å²) < 4.78 is 12.7. The van der Waals surface area contributed by atoms with E-state index in [1.54, 1.807) is 6.92 Å². The Hall–Kier alpha value is -4.47. The second-order valence-corrected chi connectivity index (χ2v) is 11.9. The van der Waals surface area contributed by atoms with Gasteiger partial charge in [-0.05, 0) is 31.0 Å². The topological polar surface area (TPSA) is 176 Å². The van der Waals surface area contributed by atoms with Crippen molar-refractivity contribution in [1.29, 1.82) is 0 Å². The van der Waals surface area contributed by atoms with E-state index >= 15 is 0 Å². The number of amides is 2. The number of benzene rings is 2. The summed E-state index contributed by atoms with van der Waals surface area (Å²) in [5, 5.41) is 30.6. The van der Waals surface area contributed by atoms with E-state index in [-0.39, 0.29) is 17.4 Å². The number of carbonyl (C=O) groups excluding carboxylic acids is 2. The van der Waals surface area contributed by atoms with Gasteiger partial charge in [-0.25, -0.2) is 15.0 Å². The molecule has 0 saturated carbocycles. The number of nitrogens with zero attached hydrogens (tertiary/aromatic N) is 5. The second kappa shape index (κ2) is 15.6. The van der Waals surface area contributed by atoms with Crippen LogP contribution < -0.4 is 16.0 Å². The fourth-order valence-corrected chi connectivity index (χ4v) is 6.11. The van der Waals surface area contributed by atoms with Gasteiger partial charge in [0, 0.05) is 38.6 Å². The number of morpholine rings is 1. The third-order valence-electron chi connectivity index (χ3n) is 8.66. The molecule has 2 aliphatic heterocycles. The summed E-state index contributed by atoms with van der Waals surface area (Å²) in [6, 6.07) is 20.2. The van der Waals surface area contributed by atoms with Gasteiger partial charge in [0.2, 0.25) is 5.82 Å². The first kappa shape index (κ1) is 33.4. The van der Waals surface area contributed by atoms with Gasteiger partial charge in [-0.15, -0.1) is 0 Å². The van der Waals surface area contributed by atoms with Crippen LogP contribution >= 0.6 is 0 Å². The van der Waals surface area contributed by atoms with Crippen molar-refractivity contribution in [2.45, 2.75) is 43.8 Å². The molecule has 2 aliphatic rings. The summed E-state index contributed by atoms with van der Waals surface area (Å²) in [6.45, 7) is 6.91. The summed E-state index contributed by atoms with van der Waals surface area (Å²) in [7, 11) is 0. The Morgan fingerprint density at radius 1 is 0.958 bits per heavy atom. The number of rotatable bonds is 13. The quantitative estimate of drug-likeness (QED) is 0.131. The van der Waals surface area contributed by atoms with Crippen LogP contribution in [0.25, 0.3) is 11.2 Å². The van der Waals surface area contributed by atoms with Crippen LogP contribution in [0.4, 0.5) is 5.82 Å². The molecule has 48 heavy (non-hydrogen) atoms. The lowest BCUT2D eigenvalue weighted by Crippen LogP contribution is -2.42. The summed E-state index contributed by atoms with van der Waals surface area (Å²) in [5.41, 5.74) is 2.73. The molecule has 0 spiro atoms. The number of carbonyl (C=O) groups is 2. The molecule has 0 bridgehead atoms. The van der Waals surface area contributed by atoms with Crippen LogP contribution in [-0.4, -0.2) is 117 Å². The zero-order valence-electron chi connectivity index (χ0n) is 26.9. The number of aliphatic hydroxyl groups excluding tert-OH is 2. The molecule has 254 valence electrons. The molecule has 4 atom stereocenters. The second-order valence-electron chi connectivity index (χ2n) is 11.9. The minimum Gasteiger partial charge on any atom is -0.387 e. The Morgan fingerprint density at radius 2 is 1.65 bits per heavy atom. The van der Waals surface area contributed by atoms with E-state index in [0.717, 1.165) is 37.2 Å². The summed E-state index contributed by atoms with van der Waals surface area (Å²) in [5.74, 6) is -0.835.